The number of rotatable bonds is 4. The molecule has 4 nitrogen and oxygen atoms in total. The minimum atomic E-state index is -0.293. The molecule has 162 valence electrons. The van der Waals surface area contributed by atoms with Crippen LogP contribution in [-0.4, -0.2) is 35.8 Å². The van der Waals surface area contributed by atoms with Gasteiger partial charge in [-0.1, -0.05) is 29.8 Å². The molecule has 0 radical (unpaired) electrons. The Hall–Kier alpha value is -1.59. The summed E-state index contributed by atoms with van der Waals surface area (Å²) in [6.07, 6.45) is 5.18. The number of aliphatic imine (C=N–C) groups is 1. The van der Waals surface area contributed by atoms with Crippen molar-refractivity contribution < 1.29 is 0 Å². The van der Waals surface area contributed by atoms with Crippen molar-refractivity contribution in [2.75, 3.05) is 18.4 Å². The maximum Gasteiger partial charge on any atom is 0.124 e. The third-order valence-electron chi connectivity index (χ3n) is 5.83. The summed E-state index contributed by atoms with van der Waals surface area (Å²) in [5, 5.41) is 8.40. The molecule has 2 aliphatic rings. The number of halogens is 2. The number of benzene rings is 2. The molecule has 0 amide bonds. The Morgan fingerprint density at radius 3 is 2.37 bits per heavy atom. The summed E-state index contributed by atoms with van der Waals surface area (Å²) in [4.78, 5) is 7.28. The molecule has 0 bridgehead atoms. The molecule has 2 aromatic carbocycles. The topological polar surface area (TPSA) is 39.7 Å². The van der Waals surface area contributed by atoms with Crippen molar-refractivity contribution in [3.05, 3.63) is 59.1 Å². The van der Waals surface area contributed by atoms with Crippen LogP contribution in [-0.2, 0) is 5.66 Å². The lowest BCUT2D eigenvalue weighted by Crippen LogP contribution is -2.58. The van der Waals surface area contributed by atoms with Crippen LogP contribution in [0.2, 0.25) is 5.02 Å². The van der Waals surface area contributed by atoms with Gasteiger partial charge in [0.15, 0.2) is 0 Å². The number of fused-ring (bicyclic) bond motifs is 1. The first-order valence-electron chi connectivity index (χ1n) is 10.5. The summed E-state index contributed by atoms with van der Waals surface area (Å²) >= 11 is 6.12. The second-order valence-corrected chi connectivity index (χ2v) is 9.62. The Morgan fingerprint density at radius 2 is 1.70 bits per heavy atom. The molecule has 2 aromatic rings. The number of hydrogen-bond donors (Lipinski definition) is 2. The van der Waals surface area contributed by atoms with E-state index >= 15 is 0 Å². The third kappa shape index (κ3) is 5.00. The van der Waals surface area contributed by atoms with Gasteiger partial charge < -0.3 is 10.6 Å². The third-order valence-corrected chi connectivity index (χ3v) is 6.09. The van der Waals surface area contributed by atoms with E-state index in [0.29, 0.717) is 6.04 Å². The molecule has 2 N–H and O–H groups in total. The number of hydrogen-bond acceptors (Lipinski definition) is 4. The number of likely N-dealkylation sites (tertiary alicyclic amines) is 1. The van der Waals surface area contributed by atoms with Crippen LogP contribution < -0.4 is 10.6 Å². The largest absolute Gasteiger partial charge is 0.363 e. The second-order valence-electron chi connectivity index (χ2n) is 9.18. The van der Waals surface area contributed by atoms with E-state index < -0.39 is 0 Å². The lowest BCUT2D eigenvalue weighted by atomic mass is 9.87. The van der Waals surface area contributed by atoms with Crippen molar-refractivity contribution in [1.29, 1.82) is 0 Å². The summed E-state index contributed by atoms with van der Waals surface area (Å²) in [6.45, 7) is 8.82. The summed E-state index contributed by atoms with van der Waals surface area (Å²) in [5.41, 5.74) is 3.24. The van der Waals surface area contributed by atoms with Gasteiger partial charge in [-0.05, 0) is 63.9 Å². The Kier molecular flexibility index (Phi) is 7.13. The van der Waals surface area contributed by atoms with Crippen LogP contribution >= 0.6 is 24.0 Å². The van der Waals surface area contributed by atoms with Crippen molar-refractivity contribution in [1.82, 2.24) is 10.2 Å². The maximum atomic E-state index is 6.12. The minimum Gasteiger partial charge on any atom is -0.363 e. The average molecular weight is 447 g/mol. The zero-order valence-corrected chi connectivity index (χ0v) is 19.6. The molecule has 0 saturated carbocycles. The fourth-order valence-electron chi connectivity index (χ4n) is 4.61. The van der Waals surface area contributed by atoms with E-state index in [2.05, 4.69) is 83.9 Å². The van der Waals surface area contributed by atoms with E-state index in [4.69, 9.17) is 11.6 Å². The van der Waals surface area contributed by atoms with Gasteiger partial charge in [-0.25, -0.2) is 0 Å². The van der Waals surface area contributed by atoms with Gasteiger partial charge in [-0.3, -0.25) is 9.89 Å². The van der Waals surface area contributed by atoms with Gasteiger partial charge in [0, 0.05) is 53.6 Å². The monoisotopic (exact) mass is 446 g/mol. The van der Waals surface area contributed by atoms with Crippen molar-refractivity contribution in [3.8, 4) is 0 Å². The first-order valence-corrected chi connectivity index (χ1v) is 10.9. The van der Waals surface area contributed by atoms with Crippen LogP contribution in [0, 0.1) is 0 Å². The molecule has 0 aliphatic carbocycles. The molecule has 30 heavy (non-hydrogen) atoms. The molecular formula is C24H32Cl2N4. The summed E-state index contributed by atoms with van der Waals surface area (Å²) < 4.78 is 0. The smallest absolute Gasteiger partial charge is 0.124 e. The van der Waals surface area contributed by atoms with Crippen LogP contribution in [0.3, 0.4) is 0 Å². The normalized spacial score (nSPS) is 22.3. The predicted molar refractivity (Wildman–Crippen MR) is 131 cm³/mol. The number of nitrogens with zero attached hydrogens (tertiary/aromatic N) is 2. The predicted octanol–water partition coefficient (Wildman–Crippen LogP) is 5.99. The van der Waals surface area contributed by atoms with Crippen molar-refractivity contribution >= 4 is 41.6 Å². The lowest BCUT2D eigenvalue weighted by Gasteiger charge is -2.49. The quantitative estimate of drug-likeness (QED) is 0.605. The van der Waals surface area contributed by atoms with Gasteiger partial charge in [-0.15, -0.1) is 12.4 Å². The van der Waals surface area contributed by atoms with Crippen LogP contribution in [0.5, 0.6) is 0 Å². The van der Waals surface area contributed by atoms with E-state index in [1.165, 1.54) is 5.56 Å². The van der Waals surface area contributed by atoms with Gasteiger partial charge in [0.25, 0.3) is 0 Å². The number of nitrogens with one attached hydrogen (secondary N) is 2. The van der Waals surface area contributed by atoms with E-state index in [1.807, 2.05) is 12.1 Å². The standard InChI is InChI=1S/C24H31ClN4.ClH/c1-23(2,3)27-20-12-16-29(17-13-20)24(28-19-10-8-18(25)9-11-19)14-15-26-22-7-5-4-6-21(22)24;/h4-11,15,20,27-28H,12-14,16-17H2,1-3H3;1H. The van der Waals surface area contributed by atoms with Gasteiger partial charge in [0.1, 0.15) is 5.66 Å². The zero-order chi connectivity index (χ0) is 20.5. The molecular weight excluding hydrogens is 415 g/mol. The Labute approximate surface area is 191 Å². The first-order chi connectivity index (χ1) is 13.9. The van der Waals surface area contributed by atoms with Crippen LogP contribution in [0.25, 0.3) is 0 Å². The minimum absolute atomic E-state index is 0. The zero-order valence-electron chi connectivity index (χ0n) is 18.0. The molecule has 1 fully saturated rings. The van der Waals surface area contributed by atoms with Gasteiger partial charge in [-0.2, -0.15) is 0 Å². The highest BCUT2D eigenvalue weighted by atomic mass is 35.5. The molecule has 1 saturated heterocycles. The molecule has 1 unspecified atom stereocenters. The van der Waals surface area contributed by atoms with Crippen LogP contribution in [0.15, 0.2) is 53.5 Å². The maximum absolute atomic E-state index is 6.12. The molecule has 2 aliphatic heterocycles. The van der Waals surface area contributed by atoms with Gasteiger partial charge in [0.2, 0.25) is 0 Å². The summed E-state index contributed by atoms with van der Waals surface area (Å²) in [5.74, 6) is 0. The number of piperidine rings is 1. The molecule has 0 spiro atoms. The molecule has 1 atom stereocenters. The molecule has 2 heterocycles. The van der Waals surface area contributed by atoms with Crippen molar-refractivity contribution in [2.45, 2.75) is 57.3 Å². The molecule has 4 rings (SSSR count). The average Bonchev–Trinajstić information content (AvgIpc) is 2.69. The fraction of sp³-hybridized carbons (Fsp3) is 0.458. The van der Waals surface area contributed by atoms with Crippen LogP contribution in [0.4, 0.5) is 11.4 Å². The number of anilines is 1. The van der Waals surface area contributed by atoms with E-state index in [0.717, 1.165) is 48.7 Å². The highest BCUT2D eigenvalue weighted by Gasteiger charge is 2.42. The number of para-hydroxylation sites is 1. The van der Waals surface area contributed by atoms with Crippen molar-refractivity contribution in [3.63, 3.8) is 0 Å². The van der Waals surface area contributed by atoms with E-state index in [-0.39, 0.29) is 23.6 Å². The Balaban J connectivity index is 0.00000256. The lowest BCUT2D eigenvalue weighted by molar-refractivity contribution is 0.0748. The highest BCUT2D eigenvalue weighted by molar-refractivity contribution is 6.30. The molecule has 6 heteroatoms. The first kappa shape index (κ1) is 23.1. The summed E-state index contributed by atoms with van der Waals surface area (Å²) in [6, 6.07) is 17.1. The second kappa shape index (κ2) is 9.27. The SMILES string of the molecule is CC(C)(C)NC1CCN(C2(Nc3ccc(Cl)cc3)CC=Nc3ccccc32)CC1.Cl. The fourth-order valence-corrected chi connectivity index (χ4v) is 4.73. The van der Waals surface area contributed by atoms with Crippen LogP contribution in [0.1, 0.15) is 45.6 Å². The van der Waals surface area contributed by atoms with Gasteiger partial charge in [0.05, 0.1) is 5.69 Å². The highest BCUT2D eigenvalue weighted by Crippen LogP contribution is 2.42. The van der Waals surface area contributed by atoms with E-state index in [1.54, 1.807) is 0 Å². The van der Waals surface area contributed by atoms with Gasteiger partial charge >= 0.3 is 0 Å². The van der Waals surface area contributed by atoms with Crippen molar-refractivity contribution in [2.24, 2.45) is 4.99 Å². The molecule has 0 aromatic heterocycles. The van der Waals surface area contributed by atoms with E-state index in [9.17, 15) is 0 Å². The Bertz CT molecular complexity index is 868. The summed E-state index contributed by atoms with van der Waals surface area (Å²) in [7, 11) is 0. The Morgan fingerprint density at radius 1 is 1.03 bits per heavy atom.